The number of pyridine rings is 1. The molecule has 3 heterocycles. The monoisotopic (exact) mass is 259 g/mol. The van der Waals surface area contributed by atoms with E-state index in [1.54, 1.807) is 6.07 Å². The molecule has 2 fully saturated rings. The summed E-state index contributed by atoms with van der Waals surface area (Å²) in [6.07, 6.45) is 7.83. The van der Waals surface area contributed by atoms with Crippen LogP contribution in [0.2, 0.25) is 0 Å². The first kappa shape index (κ1) is 10.4. The van der Waals surface area contributed by atoms with Gasteiger partial charge in [-0.3, -0.25) is 0 Å². The molecule has 0 aromatic carbocycles. The zero-order valence-corrected chi connectivity index (χ0v) is 10.8. The van der Waals surface area contributed by atoms with Crippen LogP contribution in [0.4, 0.5) is 0 Å². The van der Waals surface area contributed by atoms with Gasteiger partial charge in [0.05, 0.1) is 26.3 Å². The van der Waals surface area contributed by atoms with E-state index in [0.29, 0.717) is 12.0 Å². The highest BCUT2D eigenvalue weighted by Gasteiger charge is 2.40. The first-order chi connectivity index (χ1) is 9.76. The van der Waals surface area contributed by atoms with Crippen molar-refractivity contribution in [3.63, 3.8) is 0 Å². The van der Waals surface area contributed by atoms with Gasteiger partial charge >= 0.3 is 0 Å². The highest BCUT2D eigenvalue weighted by molar-refractivity contribution is 5.55. The van der Waals surface area contributed by atoms with Gasteiger partial charge in [-0.05, 0) is 30.9 Å². The SMILES string of the molecule is [2H]c1ccn2ncc(C3CCC4(CC3)OCCO4)c2c1. The van der Waals surface area contributed by atoms with E-state index >= 15 is 0 Å². The Bertz CT molecular complexity index is 624. The van der Waals surface area contributed by atoms with Gasteiger partial charge in [0.25, 0.3) is 0 Å². The van der Waals surface area contributed by atoms with Gasteiger partial charge in [-0.2, -0.15) is 5.10 Å². The van der Waals surface area contributed by atoms with Gasteiger partial charge in [-0.1, -0.05) is 6.04 Å². The van der Waals surface area contributed by atoms with Gasteiger partial charge in [-0.15, -0.1) is 0 Å². The Labute approximate surface area is 113 Å². The van der Waals surface area contributed by atoms with E-state index in [2.05, 4.69) is 5.10 Å². The maximum absolute atomic E-state index is 7.78. The lowest BCUT2D eigenvalue weighted by molar-refractivity contribution is -0.178. The molecule has 1 saturated heterocycles. The minimum atomic E-state index is -0.306. The highest BCUT2D eigenvalue weighted by atomic mass is 16.7. The lowest BCUT2D eigenvalue weighted by Gasteiger charge is -2.35. The molecule has 0 amide bonds. The normalized spacial score (nSPS) is 24.1. The predicted octanol–water partition coefficient (Wildman–Crippen LogP) is 2.74. The zero-order valence-electron chi connectivity index (χ0n) is 11.8. The van der Waals surface area contributed by atoms with Crippen molar-refractivity contribution in [1.29, 1.82) is 0 Å². The fourth-order valence-electron chi connectivity index (χ4n) is 3.36. The maximum atomic E-state index is 7.78. The number of rotatable bonds is 1. The maximum Gasteiger partial charge on any atom is 0.168 e. The Morgan fingerprint density at radius 2 is 2.11 bits per heavy atom. The first-order valence-corrected chi connectivity index (χ1v) is 6.98. The van der Waals surface area contributed by atoms with Crippen molar-refractivity contribution in [2.75, 3.05) is 13.2 Å². The molecular weight excluding hydrogens is 240 g/mol. The van der Waals surface area contributed by atoms with Gasteiger partial charge in [-0.25, -0.2) is 4.52 Å². The molecule has 4 nitrogen and oxygen atoms in total. The highest BCUT2D eigenvalue weighted by Crippen LogP contribution is 2.43. The van der Waals surface area contributed by atoms with Gasteiger partial charge < -0.3 is 9.47 Å². The summed E-state index contributed by atoms with van der Waals surface area (Å²) in [5.41, 5.74) is 2.32. The molecule has 19 heavy (non-hydrogen) atoms. The number of ether oxygens (including phenoxy) is 2. The fraction of sp³-hybridized carbons (Fsp3) is 0.533. The molecule has 0 atom stereocenters. The third kappa shape index (κ3) is 1.86. The third-order valence-corrected chi connectivity index (χ3v) is 4.40. The summed E-state index contributed by atoms with van der Waals surface area (Å²) in [6.45, 7) is 1.45. The van der Waals surface area contributed by atoms with Crippen molar-refractivity contribution < 1.29 is 10.8 Å². The summed E-state index contributed by atoms with van der Waals surface area (Å²) in [4.78, 5) is 0. The average molecular weight is 259 g/mol. The molecule has 0 unspecified atom stereocenters. The van der Waals surface area contributed by atoms with Crippen molar-refractivity contribution in [2.24, 2.45) is 0 Å². The van der Waals surface area contributed by atoms with Crippen LogP contribution in [0.15, 0.2) is 30.6 Å². The van der Waals surface area contributed by atoms with E-state index in [1.807, 2.05) is 23.0 Å². The van der Waals surface area contributed by atoms with Crippen LogP contribution in [-0.4, -0.2) is 28.6 Å². The second kappa shape index (κ2) is 4.32. The minimum Gasteiger partial charge on any atom is -0.348 e. The molecule has 1 spiro atoms. The van der Waals surface area contributed by atoms with Crippen LogP contribution in [0.3, 0.4) is 0 Å². The molecule has 2 aliphatic rings. The van der Waals surface area contributed by atoms with E-state index in [9.17, 15) is 0 Å². The quantitative estimate of drug-likeness (QED) is 0.790. The molecule has 0 radical (unpaired) electrons. The van der Waals surface area contributed by atoms with Crippen molar-refractivity contribution >= 4 is 5.52 Å². The van der Waals surface area contributed by atoms with E-state index in [-0.39, 0.29) is 5.79 Å². The summed E-state index contributed by atoms with van der Waals surface area (Å²) in [5.74, 6) is 0.188. The second-order valence-electron chi connectivity index (χ2n) is 5.44. The molecule has 2 aromatic heterocycles. The first-order valence-electron chi connectivity index (χ1n) is 7.48. The van der Waals surface area contributed by atoms with E-state index in [4.69, 9.17) is 10.8 Å². The molecular formula is C15H18N2O2. The Balaban J connectivity index is 1.60. The lowest BCUT2D eigenvalue weighted by Crippen LogP contribution is -2.34. The molecule has 100 valence electrons. The van der Waals surface area contributed by atoms with Crippen LogP contribution in [-0.2, 0) is 9.47 Å². The molecule has 4 rings (SSSR count). The average Bonchev–Trinajstić information content (AvgIpc) is 3.07. The Morgan fingerprint density at radius 1 is 1.32 bits per heavy atom. The fourth-order valence-corrected chi connectivity index (χ4v) is 3.36. The lowest BCUT2D eigenvalue weighted by atomic mass is 9.81. The van der Waals surface area contributed by atoms with Crippen LogP contribution in [0.1, 0.15) is 38.5 Å². The van der Waals surface area contributed by atoms with Crippen LogP contribution in [0, 0.1) is 0 Å². The second-order valence-corrected chi connectivity index (χ2v) is 5.44. The Morgan fingerprint density at radius 3 is 2.89 bits per heavy atom. The van der Waals surface area contributed by atoms with Crippen molar-refractivity contribution in [2.45, 2.75) is 37.4 Å². The summed E-state index contributed by atoms with van der Waals surface area (Å²) < 4.78 is 21.2. The third-order valence-electron chi connectivity index (χ3n) is 4.40. The molecule has 2 aromatic rings. The summed E-state index contributed by atoms with van der Waals surface area (Å²) in [5, 5.41) is 4.39. The molecule has 1 aliphatic heterocycles. The number of nitrogens with zero attached hydrogens (tertiary/aromatic N) is 2. The largest absolute Gasteiger partial charge is 0.348 e. The smallest absolute Gasteiger partial charge is 0.168 e. The summed E-state index contributed by atoms with van der Waals surface area (Å²) in [6, 6.07) is 4.20. The van der Waals surface area contributed by atoms with Crippen molar-refractivity contribution in [3.05, 3.63) is 36.1 Å². The van der Waals surface area contributed by atoms with E-state index in [1.165, 1.54) is 5.56 Å². The number of hydrogen-bond acceptors (Lipinski definition) is 3. The van der Waals surface area contributed by atoms with Crippen LogP contribution < -0.4 is 0 Å². The van der Waals surface area contributed by atoms with Gasteiger partial charge in [0.2, 0.25) is 0 Å². The van der Waals surface area contributed by atoms with Crippen molar-refractivity contribution in [1.82, 2.24) is 9.61 Å². The number of hydrogen-bond donors (Lipinski definition) is 0. The molecule has 1 aliphatic carbocycles. The molecule has 1 saturated carbocycles. The standard InChI is InChI=1S/C15H18N2O2/c1-2-8-17-14(3-1)13(11-16-17)12-4-6-15(7-5-12)18-9-10-19-15/h1-3,8,11-12H,4-7,9-10H2/i1D. The molecule has 4 heteroatoms. The topological polar surface area (TPSA) is 35.8 Å². The van der Waals surface area contributed by atoms with Gasteiger partial charge in [0, 0.05) is 24.6 Å². The van der Waals surface area contributed by atoms with Crippen LogP contribution in [0.5, 0.6) is 0 Å². The van der Waals surface area contributed by atoms with E-state index < -0.39 is 0 Å². The minimum absolute atomic E-state index is 0.306. The van der Waals surface area contributed by atoms with Gasteiger partial charge in [0.1, 0.15) is 0 Å². The van der Waals surface area contributed by atoms with Crippen molar-refractivity contribution in [3.8, 4) is 0 Å². The van der Waals surface area contributed by atoms with E-state index in [0.717, 1.165) is 44.4 Å². The molecule has 0 N–H and O–H groups in total. The Hall–Kier alpha value is -1.39. The molecule has 0 bridgehead atoms. The van der Waals surface area contributed by atoms with Crippen LogP contribution in [0.25, 0.3) is 5.52 Å². The predicted molar refractivity (Wildman–Crippen MR) is 71.0 cm³/mol. The zero-order chi connectivity index (χ0) is 13.6. The summed E-state index contributed by atoms with van der Waals surface area (Å²) >= 11 is 0. The van der Waals surface area contributed by atoms with Gasteiger partial charge in [0.15, 0.2) is 5.79 Å². The Kier molecular flexibility index (Phi) is 2.37. The van der Waals surface area contributed by atoms with Crippen LogP contribution >= 0.6 is 0 Å². The summed E-state index contributed by atoms with van der Waals surface area (Å²) in [7, 11) is 0. The number of fused-ring (bicyclic) bond motifs is 1. The number of aromatic nitrogens is 2.